The number of aliphatic hydroxyl groups is 1. The Labute approximate surface area is 220 Å². The highest BCUT2D eigenvalue weighted by Crippen LogP contribution is 2.29. The summed E-state index contributed by atoms with van der Waals surface area (Å²) in [6.45, 7) is 3.61. The molecule has 0 aliphatic carbocycles. The number of anilines is 1. The van der Waals surface area contributed by atoms with E-state index in [1.54, 1.807) is 63.1 Å². The third-order valence-corrected chi connectivity index (χ3v) is 7.21. The number of nitrogens with one attached hydrogen (secondary N) is 3. The summed E-state index contributed by atoms with van der Waals surface area (Å²) in [6, 6.07) is 7.12. The summed E-state index contributed by atoms with van der Waals surface area (Å²) in [4.78, 5) is 48.5. The van der Waals surface area contributed by atoms with Gasteiger partial charge >= 0.3 is 5.69 Å². The van der Waals surface area contributed by atoms with E-state index in [0.29, 0.717) is 32.9 Å². The van der Waals surface area contributed by atoms with Gasteiger partial charge in [-0.05, 0) is 38.1 Å². The van der Waals surface area contributed by atoms with Crippen LogP contribution in [0.1, 0.15) is 29.9 Å². The number of nitrogens with zero attached hydrogens (tertiary/aromatic N) is 5. The molecule has 0 atom stereocenters. The molecule has 4 N–H and O–H groups in total. The van der Waals surface area contributed by atoms with Crippen LogP contribution >= 0.6 is 11.3 Å². The van der Waals surface area contributed by atoms with Gasteiger partial charge in [-0.15, -0.1) is 11.3 Å². The number of hydrogen-bond acceptors (Lipinski definition) is 7. The Hall–Kier alpha value is -4.23. The maximum atomic E-state index is 13.2. The third kappa shape index (κ3) is 4.97. The summed E-state index contributed by atoms with van der Waals surface area (Å²) in [7, 11) is 3.37. The molecule has 0 saturated carbocycles. The molecule has 5 rings (SSSR count). The summed E-state index contributed by atoms with van der Waals surface area (Å²) < 4.78 is 3.24. The fourth-order valence-corrected chi connectivity index (χ4v) is 5.12. The van der Waals surface area contributed by atoms with E-state index < -0.39 is 5.60 Å². The van der Waals surface area contributed by atoms with Gasteiger partial charge in [-0.3, -0.25) is 24.6 Å². The fourth-order valence-electron chi connectivity index (χ4n) is 4.24. The Balaban J connectivity index is 1.55. The predicted molar refractivity (Wildman–Crippen MR) is 145 cm³/mol. The van der Waals surface area contributed by atoms with Crippen molar-refractivity contribution < 1.29 is 14.7 Å². The lowest BCUT2D eigenvalue weighted by atomic mass is 10.1. The third-order valence-electron chi connectivity index (χ3n) is 6.07. The van der Waals surface area contributed by atoms with E-state index in [1.807, 2.05) is 6.07 Å². The number of rotatable bonds is 8. The minimum Gasteiger partial charge on any atom is -0.389 e. The molecule has 4 aromatic heterocycles. The molecule has 5 aromatic rings. The molecule has 4 heterocycles. The number of hydrogen-bond donors (Lipinski definition) is 4. The highest BCUT2D eigenvalue weighted by molar-refractivity contribution is 7.17. The van der Waals surface area contributed by atoms with E-state index >= 15 is 0 Å². The number of imidazole rings is 2. The molecule has 12 nitrogen and oxygen atoms in total. The number of aromatic nitrogens is 6. The van der Waals surface area contributed by atoms with Crippen LogP contribution < -0.4 is 11.0 Å². The van der Waals surface area contributed by atoms with E-state index in [-0.39, 0.29) is 37.0 Å². The van der Waals surface area contributed by atoms with Crippen LogP contribution in [0.4, 0.5) is 5.95 Å². The second kappa shape index (κ2) is 9.58. The number of thiophene rings is 1. The minimum atomic E-state index is -1.11. The Morgan fingerprint density at radius 3 is 2.66 bits per heavy atom. The van der Waals surface area contributed by atoms with Crippen molar-refractivity contribution in [3.63, 3.8) is 0 Å². The van der Waals surface area contributed by atoms with Gasteiger partial charge in [0, 0.05) is 43.7 Å². The van der Waals surface area contributed by atoms with E-state index in [2.05, 4.69) is 25.5 Å². The first-order valence-electron chi connectivity index (χ1n) is 12.0. The number of aryl methyl sites for hydroxylation is 1. The summed E-state index contributed by atoms with van der Waals surface area (Å²) in [5, 5.41) is 19.9. The van der Waals surface area contributed by atoms with Crippen molar-refractivity contribution in [3.8, 4) is 10.4 Å². The highest BCUT2D eigenvalue weighted by atomic mass is 32.1. The number of amides is 2. The van der Waals surface area contributed by atoms with Gasteiger partial charge in [0.2, 0.25) is 11.9 Å². The first-order valence-corrected chi connectivity index (χ1v) is 12.8. The SMILES string of the molecule is CN(C)C(=O)CCn1c(NC(=O)c2ccc(-c3cn[nH]c3)s2)nc2cc3[nH]c(=O)n(CC(C)(C)O)c3cc21. The summed E-state index contributed by atoms with van der Waals surface area (Å²) in [5.41, 5.74) is 1.77. The molecule has 0 unspecified atom stereocenters. The second-order valence-electron chi connectivity index (χ2n) is 9.92. The number of fused-ring (bicyclic) bond motifs is 2. The first kappa shape index (κ1) is 25.4. The monoisotopic (exact) mass is 536 g/mol. The average Bonchev–Trinajstić information content (AvgIpc) is 3.62. The lowest BCUT2D eigenvalue weighted by Gasteiger charge is -2.17. The summed E-state index contributed by atoms with van der Waals surface area (Å²) >= 11 is 1.33. The van der Waals surface area contributed by atoms with Gasteiger partial charge < -0.3 is 19.6 Å². The van der Waals surface area contributed by atoms with Gasteiger partial charge in [-0.25, -0.2) is 9.78 Å². The molecule has 198 valence electrons. The fraction of sp³-hybridized carbons (Fsp3) is 0.320. The number of H-pyrrole nitrogens is 2. The molecule has 38 heavy (non-hydrogen) atoms. The number of carbonyl (C=O) groups is 2. The van der Waals surface area contributed by atoms with Crippen LogP contribution in [-0.2, 0) is 17.9 Å². The Kier molecular flexibility index (Phi) is 6.41. The largest absolute Gasteiger partial charge is 0.389 e. The van der Waals surface area contributed by atoms with Crippen LogP contribution in [0, 0.1) is 0 Å². The minimum absolute atomic E-state index is 0.0752. The van der Waals surface area contributed by atoms with E-state index in [0.717, 1.165) is 10.4 Å². The molecule has 1 aromatic carbocycles. The zero-order valence-electron chi connectivity index (χ0n) is 21.4. The molecule has 13 heteroatoms. The van der Waals surface area contributed by atoms with Crippen molar-refractivity contribution in [2.24, 2.45) is 0 Å². The van der Waals surface area contributed by atoms with Crippen LogP contribution in [0.5, 0.6) is 0 Å². The van der Waals surface area contributed by atoms with Crippen LogP contribution in [0.15, 0.2) is 41.5 Å². The van der Waals surface area contributed by atoms with E-state index in [1.165, 1.54) is 20.8 Å². The zero-order chi connectivity index (χ0) is 27.2. The van der Waals surface area contributed by atoms with Crippen molar-refractivity contribution in [2.45, 2.75) is 39.0 Å². The van der Waals surface area contributed by atoms with Crippen LogP contribution in [0.3, 0.4) is 0 Å². The second-order valence-corrected chi connectivity index (χ2v) is 11.0. The topological polar surface area (TPSA) is 154 Å². The molecule has 0 spiro atoms. The maximum Gasteiger partial charge on any atom is 0.326 e. The lowest BCUT2D eigenvalue weighted by Crippen LogP contribution is -2.31. The van der Waals surface area contributed by atoms with Crippen LogP contribution in [0.25, 0.3) is 32.5 Å². The molecule has 0 aliphatic heterocycles. The zero-order valence-corrected chi connectivity index (χ0v) is 22.2. The van der Waals surface area contributed by atoms with Crippen molar-refractivity contribution >= 4 is 51.2 Å². The lowest BCUT2D eigenvalue weighted by molar-refractivity contribution is -0.128. The van der Waals surface area contributed by atoms with Gasteiger partial charge in [0.25, 0.3) is 5.91 Å². The Bertz CT molecular complexity index is 1700. The van der Waals surface area contributed by atoms with Gasteiger partial charge in [0.05, 0.1) is 45.3 Å². The molecule has 0 bridgehead atoms. The van der Waals surface area contributed by atoms with Gasteiger partial charge in [0.15, 0.2) is 0 Å². The van der Waals surface area contributed by atoms with Crippen molar-refractivity contribution in [1.29, 1.82) is 0 Å². The van der Waals surface area contributed by atoms with Gasteiger partial charge in [-0.1, -0.05) is 0 Å². The number of carbonyl (C=O) groups excluding carboxylic acids is 2. The molecular formula is C25H28N8O4S. The maximum absolute atomic E-state index is 13.2. The molecular weight excluding hydrogens is 508 g/mol. The van der Waals surface area contributed by atoms with E-state index in [9.17, 15) is 19.5 Å². The molecule has 2 amide bonds. The molecule has 0 aliphatic rings. The highest BCUT2D eigenvalue weighted by Gasteiger charge is 2.21. The normalized spacial score (nSPS) is 11.9. The standard InChI is InChI=1S/C25H28N8O4S/c1-25(2,37)13-33-18-10-17-15(9-16(18)29-24(33)36)28-23(32(17)8-7-21(34)31(3)4)30-22(35)20-6-5-19(38-20)14-11-26-27-12-14/h5-6,9-12,37H,7-8,13H2,1-4H3,(H,26,27)(H,29,36)(H,28,30,35). The number of benzene rings is 1. The number of aromatic amines is 2. The van der Waals surface area contributed by atoms with Crippen molar-refractivity contribution in [2.75, 3.05) is 19.4 Å². The van der Waals surface area contributed by atoms with Crippen molar-refractivity contribution in [3.05, 3.63) is 52.0 Å². The smallest absolute Gasteiger partial charge is 0.326 e. The first-order chi connectivity index (χ1) is 18.0. The van der Waals surface area contributed by atoms with Gasteiger partial charge in [-0.2, -0.15) is 5.10 Å². The molecule has 0 radical (unpaired) electrons. The van der Waals surface area contributed by atoms with Crippen LogP contribution in [-0.4, -0.2) is 70.8 Å². The average molecular weight is 537 g/mol. The summed E-state index contributed by atoms with van der Waals surface area (Å²) in [6.07, 6.45) is 3.63. The van der Waals surface area contributed by atoms with Gasteiger partial charge in [0.1, 0.15) is 0 Å². The Morgan fingerprint density at radius 1 is 1.18 bits per heavy atom. The van der Waals surface area contributed by atoms with E-state index in [4.69, 9.17) is 0 Å². The molecule has 0 saturated heterocycles. The Morgan fingerprint density at radius 2 is 1.97 bits per heavy atom. The predicted octanol–water partition coefficient (Wildman–Crippen LogP) is 2.63. The van der Waals surface area contributed by atoms with Crippen molar-refractivity contribution in [1.82, 2.24) is 34.2 Å². The summed E-state index contributed by atoms with van der Waals surface area (Å²) in [5.74, 6) is -0.114. The quantitative estimate of drug-likeness (QED) is 0.239. The van der Waals surface area contributed by atoms with Crippen LogP contribution in [0.2, 0.25) is 0 Å². The molecule has 0 fully saturated rings.